The van der Waals surface area contributed by atoms with Crippen LogP contribution in [-0.4, -0.2) is 61.3 Å². The highest BCUT2D eigenvalue weighted by atomic mass is 16.4. The number of aromatic amines is 1. The van der Waals surface area contributed by atoms with Gasteiger partial charge in [0.05, 0.1) is 23.7 Å². The minimum Gasteiger partial charge on any atom is -0.465 e. The Labute approximate surface area is 230 Å². The summed E-state index contributed by atoms with van der Waals surface area (Å²) in [5.74, 6) is 1.06. The van der Waals surface area contributed by atoms with E-state index in [1.165, 1.54) is 11.3 Å². The molecule has 5 rings (SSSR count). The van der Waals surface area contributed by atoms with Gasteiger partial charge in [-0.1, -0.05) is 62.7 Å². The third kappa shape index (κ3) is 6.11. The second kappa shape index (κ2) is 12.2. The van der Waals surface area contributed by atoms with E-state index in [9.17, 15) is 19.8 Å². The molecule has 0 aliphatic heterocycles. The number of aliphatic hydroxyl groups excluding tert-OH is 1. The maximum absolute atomic E-state index is 14.1. The van der Waals surface area contributed by atoms with Gasteiger partial charge in [0.15, 0.2) is 0 Å². The minimum atomic E-state index is -1.42. The predicted molar refractivity (Wildman–Crippen MR) is 152 cm³/mol. The first-order valence-electron chi connectivity index (χ1n) is 13.8. The normalized spacial score (nSPS) is 22.8. The van der Waals surface area contributed by atoms with Crippen molar-refractivity contribution in [2.24, 2.45) is 11.8 Å². The van der Waals surface area contributed by atoms with Gasteiger partial charge in [-0.05, 0) is 68.6 Å². The highest BCUT2D eigenvalue weighted by Gasteiger charge is 2.50. The molecule has 2 aromatic carbocycles. The Morgan fingerprint density at radius 3 is 2.56 bits per heavy atom. The van der Waals surface area contributed by atoms with Crippen molar-refractivity contribution in [3.63, 3.8) is 0 Å². The van der Waals surface area contributed by atoms with Gasteiger partial charge < -0.3 is 20.5 Å². The lowest BCUT2D eigenvalue weighted by atomic mass is 9.68. The van der Waals surface area contributed by atoms with Crippen molar-refractivity contribution in [2.45, 2.75) is 83.3 Å². The van der Waals surface area contributed by atoms with Crippen molar-refractivity contribution in [1.82, 2.24) is 20.2 Å². The molecule has 2 aliphatic carbocycles. The zero-order valence-corrected chi connectivity index (χ0v) is 22.0. The molecule has 5 atom stereocenters. The number of imidazole rings is 1. The average molecular weight is 535 g/mol. The topological polar surface area (TPSA) is 119 Å². The second-order valence-corrected chi connectivity index (χ2v) is 11.3. The highest BCUT2D eigenvalue weighted by Crippen LogP contribution is 2.44. The smallest absolute Gasteiger partial charge is 0.408 e. The van der Waals surface area contributed by atoms with Gasteiger partial charge in [0.1, 0.15) is 11.4 Å². The van der Waals surface area contributed by atoms with Crippen LogP contribution in [0.3, 0.4) is 0 Å². The summed E-state index contributed by atoms with van der Waals surface area (Å²) >= 11 is 0. The van der Waals surface area contributed by atoms with E-state index in [4.69, 9.17) is 4.98 Å². The largest absolute Gasteiger partial charge is 0.465 e. The fourth-order valence-corrected chi connectivity index (χ4v) is 6.74. The Morgan fingerprint density at radius 1 is 1.10 bits per heavy atom. The number of amides is 2. The van der Waals surface area contributed by atoms with Crippen LogP contribution in [0, 0.1) is 11.8 Å². The summed E-state index contributed by atoms with van der Waals surface area (Å²) in [6.45, 7) is 1.47. The van der Waals surface area contributed by atoms with Crippen molar-refractivity contribution in [3.8, 4) is 0 Å². The SMILES string of the molecule is C.CC(Cc1nc2ccccc2[nH]1)(C(=O)NC(CO)Cc1ccccc1)N(C(=O)O)C1CCC2CCCC1C2. The lowest BCUT2D eigenvalue weighted by molar-refractivity contribution is -0.136. The van der Waals surface area contributed by atoms with E-state index < -0.39 is 23.6 Å². The highest BCUT2D eigenvalue weighted by molar-refractivity contribution is 5.90. The van der Waals surface area contributed by atoms with Crippen molar-refractivity contribution in [3.05, 3.63) is 66.0 Å². The molecule has 5 unspecified atom stereocenters. The van der Waals surface area contributed by atoms with Gasteiger partial charge in [-0.15, -0.1) is 0 Å². The molecule has 1 aromatic heterocycles. The van der Waals surface area contributed by atoms with E-state index in [1.807, 2.05) is 54.6 Å². The van der Waals surface area contributed by atoms with Crippen molar-refractivity contribution < 1.29 is 19.8 Å². The number of aliphatic hydroxyl groups is 1. The molecule has 8 heteroatoms. The van der Waals surface area contributed by atoms with Gasteiger partial charge in [-0.25, -0.2) is 9.78 Å². The van der Waals surface area contributed by atoms with Gasteiger partial charge in [0, 0.05) is 12.5 Å². The Kier molecular flexibility index (Phi) is 8.95. The monoisotopic (exact) mass is 534 g/mol. The zero-order chi connectivity index (χ0) is 26.7. The molecule has 39 heavy (non-hydrogen) atoms. The molecule has 2 saturated carbocycles. The van der Waals surface area contributed by atoms with Crippen molar-refractivity contribution in [1.29, 1.82) is 0 Å². The fraction of sp³-hybridized carbons (Fsp3) is 0.516. The van der Waals surface area contributed by atoms with Crippen LogP contribution < -0.4 is 5.32 Å². The first-order valence-corrected chi connectivity index (χ1v) is 13.8. The number of fused-ring (bicyclic) bond motifs is 3. The molecule has 2 amide bonds. The number of carbonyl (C=O) groups is 2. The van der Waals surface area contributed by atoms with Crippen LogP contribution in [0.25, 0.3) is 11.0 Å². The Hall–Kier alpha value is -3.39. The maximum Gasteiger partial charge on any atom is 0.408 e. The van der Waals surface area contributed by atoms with E-state index in [-0.39, 0.29) is 32.4 Å². The number of benzene rings is 2. The molecule has 2 bridgehead atoms. The average Bonchev–Trinajstić information content (AvgIpc) is 3.32. The van der Waals surface area contributed by atoms with Crippen molar-refractivity contribution in [2.75, 3.05) is 6.61 Å². The van der Waals surface area contributed by atoms with Crippen LogP contribution >= 0.6 is 0 Å². The van der Waals surface area contributed by atoms with E-state index in [0.717, 1.165) is 48.7 Å². The molecular weight excluding hydrogens is 492 g/mol. The number of carboxylic acid groups (broad SMARTS) is 1. The fourth-order valence-electron chi connectivity index (χ4n) is 6.74. The van der Waals surface area contributed by atoms with Crippen LogP contribution in [-0.2, 0) is 17.6 Å². The molecule has 8 nitrogen and oxygen atoms in total. The van der Waals surface area contributed by atoms with E-state index in [1.54, 1.807) is 6.92 Å². The van der Waals surface area contributed by atoms with Crippen LogP contribution in [0.2, 0.25) is 0 Å². The number of hydrogen-bond donors (Lipinski definition) is 4. The maximum atomic E-state index is 14.1. The number of hydrogen-bond acceptors (Lipinski definition) is 4. The number of aromatic nitrogens is 2. The quantitative estimate of drug-likeness (QED) is 0.302. The summed E-state index contributed by atoms with van der Waals surface area (Å²) in [7, 11) is 0. The molecule has 3 aromatic rings. The zero-order valence-electron chi connectivity index (χ0n) is 22.0. The Morgan fingerprint density at radius 2 is 1.85 bits per heavy atom. The molecule has 0 saturated heterocycles. The summed E-state index contributed by atoms with van der Waals surface area (Å²) in [4.78, 5) is 36.5. The molecule has 2 aliphatic rings. The Balaban J connectivity index is 0.00000353. The van der Waals surface area contributed by atoms with Crippen LogP contribution in [0.5, 0.6) is 0 Å². The molecule has 1 heterocycles. The van der Waals surface area contributed by atoms with Crippen molar-refractivity contribution >= 4 is 23.0 Å². The number of nitrogens with zero attached hydrogens (tertiary/aromatic N) is 2. The first kappa shape index (κ1) is 28.6. The number of rotatable bonds is 9. The lowest BCUT2D eigenvalue weighted by Crippen LogP contribution is -2.66. The van der Waals surface area contributed by atoms with Crippen LogP contribution in [0.15, 0.2) is 54.6 Å². The third-order valence-electron chi connectivity index (χ3n) is 8.63. The lowest BCUT2D eigenvalue weighted by Gasteiger charge is -2.50. The van der Waals surface area contributed by atoms with Gasteiger partial charge in [0.2, 0.25) is 5.91 Å². The molecule has 2 fully saturated rings. The summed E-state index contributed by atoms with van der Waals surface area (Å²) in [6.07, 6.45) is 5.54. The predicted octanol–water partition coefficient (Wildman–Crippen LogP) is 5.17. The standard InChI is InChI=1S/C30H38N4O4.CH4/c1-30(18-27-32-24-12-5-6-13-25(24)33-27,28(36)31-23(19-35)17-20-8-3-2-4-9-20)34(29(37)38)26-15-14-21-10-7-11-22(26)16-21;/h2-6,8-9,12-13,21-23,26,35H,7,10-11,14-19H2,1H3,(H,31,36)(H,32,33)(H,37,38);1H4. The van der Waals surface area contributed by atoms with Crippen LogP contribution in [0.4, 0.5) is 4.79 Å². The van der Waals surface area contributed by atoms with E-state index in [0.29, 0.717) is 18.2 Å². The van der Waals surface area contributed by atoms with Gasteiger partial charge in [-0.2, -0.15) is 0 Å². The van der Waals surface area contributed by atoms with Gasteiger partial charge >= 0.3 is 6.09 Å². The molecule has 4 N–H and O–H groups in total. The van der Waals surface area contributed by atoms with E-state index in [2.05, 4.69) is 10.3 Å². The first-order chi connectivity index (χ1) is 18.4. The summed E-state index contributed by atoms with van der Waals surface area (Å²) < 4.78 is 0. The summed E-state index contributed by atoms with van der Waals surface area (Å²) in [5, 5.41) is 23.8. The number of H-pyrrole nitrogens is 1. The third-order valence-corrected chi connectivity index (χ3v) is 8.63. The number of para-hydroxylation sites is 2. The molecular formula is C31H42N4O4. The summed E-state index contributed by atoms with van der Waals surface area (Å²) in [6, 6.07) is 16.5. The second-order valence-electron chi connectivity index (χ2n) is 11.3. The molecule has 0 radical (unpaired) electrons. The van der Waals surface area contributed by atoms with Crippen LogP contribution in [0.1, 0.15) is 64.3 Å². The van der Waals surface area contributed by atoms with Gasteiger partial charge in [0.25, 0.3) is 0 Å². The number of carbonyl (C=O) groups excluding carboxylic acids is 1. The van der Waals surface area contributed by atoms with Gasteiger partial charge in [-0.3, -0.25) is 9.69 Å². The summed E-state index contributed by atoms with van der Waals surface area (Å²) in [5.41, 5.74) is 1.19. The number of nitrogens with one attached hydrogen (secondary N) is 2. The minimum absolute atomic E-state index is 0. The Bertz CT molecular complexity index is 1230. The molecule has 210 valence electrons. The van der Waals surface area contributed by atoms with E-state index >= 15 is 0 Å². The molecule has 0 spiro atoms.